The first-order valence-corrected chi connectivity index (χ1v) is 10.1. The number of ether oxygens (including phenoxy) is 4. The Balaban J connectivity index is 1.53. The van der Waals surface area contributed by atoms with Crippen LogP contribution in [-0.2, 0) is 6.61 Å². The zero-order chi connectivity index (χ0) is 22.0. The molecule has 3 aromatic carbocycles. The SMILES string of the molecule is COc1ccc(/C=C2\Oc3cc(OCc4ccc(Cl)cc4Cl)ccc3C2=O)c(OC)c1. The summed E-state index contributed by atoms with van der Waals surface area (Å²) in [5.41, 5.74) is 1.97. The highest BCUT2D eigenvalue weighted by atomic mass is 35.5. The number of ketones is 1. The van der Waals surface area contributed by atoms with Crippen molar-refractivity contribution in [1.29, 1.82) is 0 Å². The first kappa shape index (κ1) is 21.1. The molecule has 0 aromatic heterocycles. The summed E-state index contributed by atoms with van der Waals surface area (Å²) in [7, 11) is 3.13. The van der Waals surface area contributed by atoms with Crippen molar-refractivity contribution in [3.8, 4) is 23.0 Å². The molecular weight excluding hydrogens is 439 g/mol. The number of allylic oxidation sites excluding steroid dienone is 1. The van der Waals surface area contributed by atoms with Crippen LogP contribution in [0, 0.1) is 0 Å². The number of carbonyl (C=O) groups excluding carboxylic acids is 1. The third-order valence-corrected chi connectivity index (χ3v) is 5.37. The van der Waals surface area contributed by atoms with Crippen molar-refractivity contribution in [3.63, 3.8) is 0 Å². The second-order valence-electron chi connectivity index (χ2n) is 6.73. The van der Waals surface area contributed by atoms with E-state index in [-0.39, 0.29) is 18.1 Å². The van der Waals surface area contributed by atoms with Gasteiger partial charge in [-0.2, -0.15) is 0 Å². The Morgan fingerprint density at radius 1 is 0.935 bits per heavy atom. The normalized spacial score (nSPS) is 13.7. The van der Waals surface area contributed by atoms with Gasteiger partial charge in [0.15, 0.2) is 5.76 Å². The van der Waals surface area contributed by atoms with E-state index < -0.39 is 0 Å². The minimum absolute atomic E-state index is 0.205. The van der Waals surface area contributed by atoms with E-state index >= 15 is 0 Å². The summed E-state index contributed by atoms with van der Waals surface area (Å²) >= 11 is 12.1. The number of methoxy groups -OCH3 is 2. The van der Waals surface area contributed by atoms with Crippen LogP contribution in [-0.4, -0.2) is 20.0 Å². The number of carbonyl (C=O) groups is 1. The van der Waals surface area contributed by atoms with Gasteiger partial charge in [0.1, 0.15) is 29.6 Å². The van der Waals surface area contributed by atoms with Crippen molar-refractivity contribution in [1.82, 2.24) is 0 Å². The Morgan fingerprint density at radius 3 is 2.48 bits per heavy atom. The molecule has 158 valence electrons. The fraction of sp³-hybridized carbons (Fsp3) is 0.125. The van der Waals surface area contributed by atoms with Crippen molar-refractivity contribution in [2.24, 2.45) is 0 Å². The lowest BCUT2D eigenvalue weighted by Crippen LogP contribution is -1.99. The zero-order valence-electron chi connectivity index (χ0n) is 16.8. The van der Waals surface area contributed by atoms with Crippen LogP contribution in [0.5, 0.6) is 23.0 Å². The van der Waals surface area contributed by atoms with Crippen LogP contribution in [0.4, 0.5) is 0 Å². The number of hydrogen-bond acceptors (Lipinski definition) is 5. The van der Waals surface area contributed by atoms with Crippen molar-refractivity contribution in [3.05, 3.63) is 87.1 Å². The zero-order valence-corrected chi connectivity index (χ0v) is 18.3. The van der Waals surface area contributed by atoms with E-state index in [1.807, 2.05) is 0 Å². The van der Waals surface area contributed by atoms with Crippen LogP contribution < -0.4 is 18.9 Å². The fourth-order valence-corrected chi connectivity index (χ4v) is 3.60. The summed E-state index contributed by atoms with van der Waals surface area (Å²) in [6.07, 6.45) is 1.65. The molecule has 0 N–H and O–H groups in total. The number of benzene rings is 3. The fourth-order valence-electron chi connectivity index (χ4n) is 3.14. The molecule has 0 aliphatic carbocycles. The average molecular weight is 457 g/mol. The molecule has 31 heavy (non-hydrogen) atoms. The van der Waals surface area contributed by atoms with Gasteiger partial charge in [-0.25, -0.2) is 0 Å². The Hall–Kier alpha value is -3.15. The Bertz CT molecular complexity index is 1190. The summed E-state index contributed by atoms with van der Waals surface area (Å²) < 4.78 is 22.2. The molecule has 0 amide bonds. The number of halogens is 2. The molecule has 0 saturated heterocycles. The summed E-state index contributed by atoms with van der Waals surface area (Å²) in [4.78, 5) is 12.8. The van der Waals surface area contributed by atoms with Gasteiger partial charge in [0.2, 0.25) is 5.78 Å². The molecule has 0 unspecified atom stereocenters. The van der Waals surface area contributed by atoms with Gasteiger partial charge in [0, 0.05) is 33.3 Å². The van der Waals surface area contributed by atoms with Gasteiger partial charge in [-0.05, 0) is 42.5 Å². The third kappa shape index (κ3) is 4.48. The molecule has 0 saturated carbocycles. The molecular formula is C24H18Cl2O5. The van der Waals surface area contributed by atoms with Gasteiger partial charge in [0.25, 0.3) is 0 Å². The number of Topliss-reactive ketones (excluding diaryl/α,β-unsaturated/α-hetero) is 1. The van der Waals surface area contributed by atoms with Gasteiger partial charge < -0.3 is 18.9 Å². The van der Waals surface area contributed by atoms with Crippen LogP contribution in [0.2, 0.25) is 10.0 Å². The predicted octanol–water partition coefficient (Wildman–Crippen LogP) is 6.21. The lowest BCUT2D eigenvalue weighted by molar-refractivity contribution is 0.101. The molecule has 1 heterocycles. The Kier molecular flexibility index (Phi) is 6.07. The largest absolute Gasteiger partial charge is 0.497 e. The molecule has 1 aliphatic heterocycles. The number of rotatable bonds is 6. The third-order valence-electron chi connectivity index (χ3n) is 4.78. The number of hydrogen-bond donors (Lipinski definition) is 0. The number of fused-ring (bicyclic) bond motifs is 1. The van der Waals surface area contributed by atoms with E-state index in [1.54, 1.807) is 74.9 Å². The molecule has 4 rings (SSSR count). The van der Waals surface area contributed by atoms with Gasteiger partial charge in [0.05, 0.1) is 19.8 Å². The lowest BCUT2D eigenvalue weighted by atomic mass is 10.1. The summed E-state index contributed by atoms with van der Waals surface area (Å²) in [6, 6.07) is 15.6. The highest BCUT2D eigenvalue weighted by Crippen LogP contribution is 2.36. The second-order valence-corrected chi connectivity index (χ2v) is 7.57. The van der Waals surface area contributed by atoms with E-state index in [2.05, 4.69) is 0 Å². The molecule has 0 bridgehead atoms. The molecule has 0 radical (unpaired) electrons. The smallest absolute Gasteiger partial charge is 0.231 e. The van der Waals surface area contributed by atoms with Crippen molar-refractivity contribution >= 4 is 35.1 Å². The molecule has 0 atom stereocenters. The Morgan fingerprint density at radius 2 is 1.74 bits per heavy atom. The lowest BCUT2D eigenvalue weighted by Gasteiger charge is -2.09. The summed E-state index contributed by atoms with van der Waals surface area (Å²) in [5.74, 6) is 2.22. The molecule has 0 fully saturated rings. The monoisotopic (exact) mass is 456 g/mol. The van der Waals surface area contributed by atoms with Gasteiger partial charge >= 0.3 is 0 Å². The minimum Gasteiger partial charge on any atom is -0.497 e. The Labute approximate surface area is 189 Å². The maximum Gasteiger partial charge on any atom is 0.231 e. The first-order chi connectivity index (χ1) is 15.0. The standard InChI is InChI=1S/C24H18Cl2O5/c1-28-17-6-4-14(21(11-17)29-2)9-23-24(27)19-8-7-18(12-22(19)31-23)30-13-15-3-5-16(25)10-20(15)26/h3-12H,13H2,1-2H3/b23-9-. The van der Waals surface area contributed by atoms with Gasteiger partial charge in [-0.3, -0.25) is 4.79 Å². The molecule has 1 aliphatic rings. The highest BCUT2D eigenvalue weighted by molar-refractivity contribution is 6.35. The second kappa shape index (κ2) is 8.92. The van der Waals surface area contributed by atoms with Crippen molar-refractivity contribution < 1.29 is 23.7 Å². The highest BCUT2D eigenvalue weighted by Gasteiger charge is 2.28. The van der Waals surface area contributed by atoms with E-state index in [0.29, 0.717) is 44.2 Å². The van der Waals surface area contributed by atoms with Crippen molar-refractivity contribution in [2.75, 3.05) is 14.2 Å². The summed E-state index contributed by atoms with van der Waals surface area (Å²) in [6.45, 7) is 0.258. The van der Waals surface area contributed by atoms with Crippen LogP contribution >= 0.6 is 23.2 Å². The molecule has 7 heteroatoms. The van der Waals surface area contributed by atoms with E-state index in [9.17, 15) is 4.79 Å². The minimum atomic E-state index is -0.208. The summed E-state index contributed by atoms with van der Waals surface area (Å²) in [5, 5.41) is 1.09. The van der Waals surface area contributed by atoms with Gasteiger partial charge in [-0.15, -0.1) is 0 Å². The maximum absolute atomic E-state index is 12.8. The first-order valence-electron chi connectivity index (χ1n) is 9.35. The van der Waals surface area contributed by atoms with Crippen LogP contribution in [0.3, 0.4) is 0 Å². The van der Waals surface area contributed by atoms with E-state index in [0.717, 1.165) is 5.56 Å². The van der Waals surface area contributed by atoms with Crippen LogP contribution in [0.15, 0.2) is 60.4 Å². The van der Waals surface area contributed by atoms with Gasteiger partial charge in [-0.1, -0.05) is 29.3 Å². The van der Waals surface area contributed by atoms with Crippen LogP contribution in [0.25, 0.3) is 6.08 Å². The topological polar surface area (TPSA) is 54.0 Å². The predicted molar refractivity (Wildman–Crippen MR) is 120 cm³/mol. The van der Waals surface area contributed by atoms with E-state index in [4.69, 9.17) is 42.1 Å². The quantitative estimate of drug-likeness (QED) is 0.412. The van der Waals surface area contributed by atoms with Crippen molar-refractivity contribution in [2.45, 2.75) is 6.61 Å². The maximum atomic E-state index is 12.8. The molecule has 5 nitrogen and oxygen atoms in total. The average Bonchev–Trinajstić information content (AvgIpc) is 3.08. The molecule has 0 spiro atoms. The van der Waals surface area contributed by atoms with Crippen LogP contribution in [0.1, 0.15) is 21.5 Å². The van der Waals surface area contributed by atoms with E-state index in [1.165, 1.54) is 0 Å². The molecule has 3 aromatic rings.